The maximum absolute atomic E-state index is 12.8. The van der Waals surface area contributed by atoms with E-state index in [9.17, 15) is 34.4 Å². The number of hydrogen-bond donors (Lipinski definition) is 4. The first kappa shape index (κ1) is 55.3. The Labute approximate surface area is 361 Å². The lowest BCUT2D eigenvalue weighted by molar-refractivity contribution is -0.870. The molecule has 1 heterocycles. The summed E-state index contributed by atoms with van der Waals surface area (Å²) in [4.78, 5) is 35.6. The molecule has 0 aliphatic carbocycles. The van der Waals surface area contributed by atoms with Crippen LogP contribution in [-0.2, 0) is 37.4 Å². The monoisotopic (exact) mass is 869 g/mol. The van der Waals surface area contributed by atoms with Gasteiger partial charge in [0.25, 0.3) is 0 Å². The average molecular weight is 869 g/mol. The third-order valence-corrected chi connectivity index (χ3v) is 10.5. The van der Waals surface area contributed by atoms with Gasteiger partial charge in [-0.25, -0.2) is 4.57 Å². The molecular formula is C46H79NO12P+. The number of likely N-dealkylation sites (N-methyl/N-ethyl adjacent to an activating group) is 1. The van der Waals surface area contributed by atoms with Gasteiger partial charge in [0.1, 0.15) is 19.8 Å². The van der Waals surface area contributed by atoms with Gasteiger partial charge in [0.05, 0.1) is 46.1 Å². The highest BCUT2D eigenvalue weighted by atomic mass is 31.2. The van der Waals surface area contributed by atoms with E-state index in [4.69, 9.17) is 23.3 Å². The zero-order valence-electron chi connectivity index (χ0n) is 37.2. The molecule has 60 heavy (non-hydrogen) atoms. The van der Waals surface area contributed by atoms with Crippen LogP contribution in [-0.4, -0.2) is 115 Å². The Morgan fingerprint density at radius 3 is 2.10 bits per heavy atom. The molecule has 4 N–H and O–H groups in total. The van der Waals surface area contributed by atoms with Crippen molar-refractivity contribution in [1.82, 2.24) is 0 Å². The summed E-state index contributed by atoms with van der Waals surface area (Å²) >= 11 is 0. The minimum Gasteiger partial charge on any atom is -0.462 e. The Hall–Kier alpha value is -2.71. The molecular weight excluding hydrogens is 789 g/mol. The van der Waals surface area contributed by atoms with Crippen LogP contribution in [0.5, 0.6) is 0 Å². The van der Waals surface area contributed by atoms with Crippen molar-refractivity contribution < 1.29 is 62.1 Å². The van der Waals surface area contributed by atoms with E-state index in [0.717, 1.165) is 57.8 Å². The molecule has 1 aliphatic heterocycles. The van der Waals surface area contributed by atoms with Crippen LogP contribution in [0.15, 0.2) is 72.9 Å². The van der Waals surface area contributed by atoms with Gasteiger partial charge in [0.15, 0.2) is 12.4 Å². The van der Waals surface area contributed by atoms with E-state index in [1.54, 1.807) is 12.2 Å². The molecule has 0 saturated carbocycles. The predicted molar refractivity (Wildman–Crippen MR) is 237 cm³/mol. The zero-order valence-corrected chi connectivity index (χ0v) is 38.1. The lowest BCUT2D eigenvalue weighted by Crippen LogP contribution is -2.43. The molecule has 0 radical (unpaired) electrons. The van der Waals surface area contributed by atoms with Gasteiger partial charge in [-0.15, -0.1) is 0 Å². The highest BCUT2D eigenvalue weighted by molar-refractivity contribution is 7.47. The number of carbonyl (C=O) groups excluding carboxylic acids is 2. The van der Waals surface area contributed by atoms with Crippen molar-refractivity contribution in [3.8, 4) is 0 Å². The minimum atomic E-state index is -4.47. The zero-order chi connectivity index (χ0) is 44.5. The number of quaternary nitrogens is 1. The van der Waals surface area contributed by atoms with Crippen molar-refractivity contribution in [1.29, 1.82) is 0 Å². The normalized spacial score (nSPS) is 21.2. The highest BCUT2D eigenvalue weighted by Crippen LogP contribution is 2.43. The molecule has 0 aromatic carbocycles. The molecule has 0 aromatic rings. The van der Waals surface area contributed by atoms with Crippen LogP contribution in [0.1, 0.15) is 123 Å². The summed E-state index contributed by atoms with van der Waals surface area (Å²) in [6.45, 7) is 3.80. The number of aliphatic hydroxyl groups excluding tert-OH is 3. The number of allylic oxidation sites excluding steroid dienone is 10. The Morgan fingerprint density at radius 1 is 0.800 bits per heavy atom. The van der Waals surface area contributed by atoms with Gasteiger partial charge >= 0.3 is 19.8 Å². The van der Waals surface area contributed by atoms with Crippen molar-refractivity contribution in [3.63, 3.8) is 0 Å². The number of aliphatic hydroxyl groups is 3. The largest absolute Gasteiger partial charge is 0.472 e. The Bertz CT molecular complexity index is 1370. The molecule has 7 atom stereocenters. The highest BCUT2D eigenvalue weighted by Gasteiger charge is 2.35. The second-order valence-electron chi connectivity index (χ2n) is 16.2. The molecule has 0 bridgehead atoms. The summed E-state index contributed by atoms with van der Waals surface area (Å²) in [6.07, 6.45) is 31.5. The van der Waals surface area contributed by atoms with E-state index < -0.39 is 57.1 Å². The maximum atomic E-state index is 12.8. The summed E-state index contributed by atoms with van der Waals surface area (Å²) < 4.78 is 39.9. The van der Waals surface area contributed by atoms with Crippen LogP contribution in [0.4, 0.5) is 0 Å². The Morgan fingerprint density at radius 2 is 1.43 bits per heavy atom. The van der Waals surface area contributed by atoms with Gasteiger partial charge in [0, 0.05) is 25.2 Å². The second-order valence-corrected chi connectivity index (χ2v) is 17.7. The first-order valence-corrected chi connectivity index (χ1v) is 23.6. The van der Waals surface area contributed by atoms with Crippen LogP contribution in [0.25, 0.3) is 0 Å². The maximum Gasteiger partial charge on any atom is 0.472 e. The summed E-state index contributed by atoms with van der Waals surface area (Å²) in [6, 6.07) is 0. The van der Waals surface area contributed by atoms with Gasteiger partial charge in [-0.3, -0.25) is 18.6 Å². The molecule has 13 nitrogen and oxygen atoms in total. The molecule has 2 unspecified atom stereocenters. The number of phosphoric acid groups is 1. The summed E-state index contributed by atoms with van der Waals surface area (Å²) in [7, 11) is 1.27. The van der Waals surface area contributed by atoms with Gasteiger partial charge in [-0.2, -0.15) is 0 Å². The third-order valence-electron chi connectivity index (χ3n) is 9.52. The van der Waals surface area contributed by atoms with E-state index in [0.29, 0.717) is 43.1 Å². The fraction of sp³-hybridized carbons (Fsp3) is 0.696. The van der Waals surface area contributed by atoms with Gasteiger partial charge in [-0.05, 0) is 70.6 Å². The first-order valence-electron chi connectivity index (χ1n) is 22.1. The van der Waals surface area contributed by atoms with Crippen molar-refractivity contribution >= 4 is 19.8 Å². The van der Waals surface area contributed by atoms with E-state index >= 15 is 0 Å². The second kappa shape index (κ2) is 33.9. The molecule has 344 valence electrons. The van der Waals surface area contributed by atoms with Gasteiger partial charge in [0.2, 0.25) is 0 Å². The summed E-state index contributed by atoms with van der Waals surface area (Å²) in [5.74, 6) is -1.37. The number of unbranched alkanes of at least 4 members (excludes halogenated alkanes) is 5. The SMILES string of the molecule is CC/C=C\C/C=C\C/C=C\C/C=C\CCCCC(=O)OC[C@H](COP(=O)(O)OCC[N+](C)(C)C)OC(=O)CCC/C=C\C[C@H]1[C@@H](O)CC(O)O[C@@H]1/C=C/[C@@H](O)CCCCC. The van der Waals surface area contributed by atoms with Crippen LogP contribution < -0.4 is 0 Å². The lowest BCUT2D eigenvalue weighted by Gasteiger charge is -2.36. The van der Waals surface area contributed by atoms with Crippen LogP contribution in [0.2, 0.25) is 0 Å². The standard InChI is InChI=1S/C46H78NO12P/c1-6-8-10-11-12-13-14-15-16-17-18-19-20-21-26-30-44(50)55-37-40(38-57-60(53,54)56-35-34-47(3,4)5)58-45(51)31-27-23-22-25-29-41-42(49)36-46(52)59-43(41)33-32-39(48)28-24-9-7-2/h8,10,12-13,15-16,18-19,22,25,32-33,39-43,46,48-49,52H,6-7,9,11,14,17,20-21,23-24,26-31,34-38H2,1-5H3/p+1/b10-8-,13-12-,16-15-,19-18-,25-22-,33-32+/t39-,40+,41-,42-,43+,46?/m0/s1. The van der Waals surface area contributed by atoms with Gasteiger partial charge < -0.3 is 38.9 Å². The molecule has 14 heteroatoms. The lowest BCUT2D eigenvalue weighted by atomic mass is 9.87. The Kier molecular flexibility index (Phi) is 31.2. The van der Waals surface area contributed by atoms with Gasteiger partial charge in [-0.1, -0.05) is 106 Å². The molecule has 1 fully saturated rings. The van der Waals surface area contributed by atoms with E-state index in [2.05, 4.69) is 62.5 Å². The van der Waals surface area contributed by atoms with Crippen molar-refractivity contribution in [2.45, 2.75) is 154 Å². The first-order chi connectivity index (χ1) is 28.7. The molecule has 1 saturated heterocycles. The molecule has 0 amide bonds. The van der Waals surface area contributed by atoms with E-state index in [1.165, 1.54) is 0 Å². The van der Waals surface area contributed by atoms with Crippen LogP contribution >= 0.6 is 7.82 Å². The molecule has 1 rings (SSSR count). The number of rotatable bonds is 34. The molecule has 1 aliphatic rings. The third kappa shape index (κ3) is 31.2. The minimum absolute atomic E-state index is 0.0283. The summed E-state index contributed by atoms with van der Waals surface area (Å²) in [5.41, 5.74) is 0. The molecule has 0 aromatic heterocycles. The molecule has 0 spiro atoms. The fourth-order valence-electron chi connectivity index (χ4n) is 5.98. The van der Waals surface area contributed by atoms with E-state index in [1.807, 2.05) is 33.3 Å². The van der Waals surface area contributed by atoms with Crippen LogP contribution in [0.3, 0.4) is 0 Å². The number of carbonyl (C=O) groups is 2. The summed E-state index contributed by atoms with van der Waals surface area (Å²) in [5, 5.41) is 31.0. The van der Waals surface area contributed by atoms with E-state index in [-0.39, 0.29) is 38.4 Å². The average Bonchev–Trinajstić information content (AvgIpc) is 3.18. The topological polar surface area (TPSA) is 178 Å². The number of phosphoric ester groups is 1. The Balaban J connectivity index is 2.59. The number of nitrogens with zero attached hydrogens (tertiary/aromatic N) is 1. The smallest absolute Gasteiger partial charge is 0.462 e. The fourth-order valence-corrected chi connectivity index (χ4v) is 6.72. The predicted octanol–water partition coefficient (Wildman–Crippen LogP) is 8.35. The van der Waals surface area contributed by atoms with Crippen LogP contribution in [0, 0.1) is 5.92 Å². The number of hydrogen-bond acceptors (Lipinski definition) is 11. The van der Waals surface area contributed by atoms with Crippen molar-refractivity contribution in [2.24, 2.45) is 5.92 Å². The number of ether oxygens (including phenoxy) is 3. The van der Waals surface area contributed by atoms with Crippen molar-refractivity contribution in [2.75, 3.05) is 47.5 Å². The quantitative estimate of drug-likeness (QED) is 0.0160. The number of esters is 2. The van der Waals surface area contributed by atoms with Crippen molar-refractivity contribution in [3.05, 3.63) is 72.9 Å².